The molecule has 1 aliphatic carbocycles. The number of carbonyl (C=O) groups excluding carboxylic acids is 2. The van der Waals surface area contributed by atoms with Gasteiger partial charge in [0.2, 0.25) is 5.91 Å². The van der Waals surface area contributed by atoms with Crippen molar-refractivity contribution < 1.29 is 14.0 Å². The van der Waals surface area contributed by atoms with Gasteiger partial charge in [-0.05, 0) is 50.3 Å². The van der Waals surface area contributed by atoms with Crippen LogP contribution in [0, 0.1) is 5.92 Å². The molecule has 126 valence electrons. The predicted octanol–water partition coefficient (Wildman–Crippen LogP) is 2.26. The van der Waals surface area contributed by atoms with Crippen LogP contribution in [0.4, 0.5) is 4.79 Å². The second-order valence-corrected chi connectivity index (χ2v) is 6.53. The minimum atomic E-state index is -0.469. The highest BCUT2D eigenvalue weighted by atomic mass is 16.3. The van der Waals surface area contributed by atoms with E-state index >= 15 is 0 Å². The summed E-state index contributed by atoms with van der Waals surface area (Å²) in [7, 11) is 0. The molecule has 0 aromatic carbocycles. The van der Waals surface area contributed by atoms with Crippen molar-refractivity contribution in [2.24, 2.45) is 5.92 Å². The van der Waals surface area contributed by atoms with E-state index in [4.69, 9.17) is 4.42 Å². The highest BCUT2D eigenvalue weighted by Crippen LogP contribution is 2.34. The molecule has 0 radical (unpaired) electrons. The monoisotopic (exact) mass is 319 g/mol. The number of piperidine rings is 1. The lowest BCUT2D eigenvalue weighted by molar-refractivity contribution is -0.122. The van der Waals surface area contributed by atoms with Crippen LogP contribution < -0.4 is 10.6 Å². The standard InChI is InChI=1S/C17H25N3O3/c21-16(19-17(22)18-11-14-7-4-10-23-14)12-20-9-3-6-13-5-1-2-8-15(13)20/h4,7,10,13,15H,1-3,5-6,8-9,11-12H2,(H2,18,19,21,22). The van der Waals surface area contributed by atoms with Gasteiger partial charge in [-0.15, -0.1) is 0 Å². The smallest absolute Gasteiger partial charge is 0.321 e. The summed E-state index contributed by atoms with van der Waals surface area (Å²) in [6.45, 7) is 1.55. The highest BCUT2D eigenvalue weighted by molar-refractivity contribution is 5.95. The minimum absolute atomic E-state index is 0.229. The zero-order valence-electron chi connectivity index (χ0n) is 13.4. The lowest BCUT2D eigenvalue weighted by Crippen LogP contribution is -2.52. The molecule has 1 saturated carbocycles. The number of furan rings is 1. The number of urea groups is 1. The van der Waals surface area contributed by atoms with Gasteiger partial charge in [0, 0.05) is 6.04 Å². The Hall–Kier alpha value is -1.82. The Morgan fingerprint density at radius 3 is 2.87 bits per heavy atom. The number of likely N-dealkylation sites (tertiary alicyclic amines) is 1. The van der Waals surface area contributed by atoms with Gasteiger partial charge in [0.15, 0.2) is 0 Å². The van der Waals surface area contributed by atoms with Crippen molar-refractivity contribution in [2.75, 3.05) is 13.1 Å². The Morgan fingerprint density at radius 2 is 2.04 bits per heavy atom. The first-order valence-corrected chi connectivity index (χ1v) is 8.56. The Labute approximate surface area is 136 Å². The van der Waals surface area contributed by atoms with Gasteiger partial charge in [-0.1, -0.05) is 12.8 Å². The molecular weight excluding hydrogens is 294 g/mol. The molecule has 2 aliphatic rings. The topological polar surface area (TPSA) is 74.6 Å². The van der Waals surface area contributed by atoms with Crippen molar-refractivity contribution in [3.8, 4) is 0 Å². The summed E-state index contributed by atoms with van der Waals surface area (Å²) >= 11 is 0. The first kappa shape index (κ1) is 16.1. The van der Waals surface area contributed by atoms with E-state index in [-0.39, 0.29) is 12.5 Å². The summed E-state index contributed by atoms with van der Waals surface area (Å²) in [5.41, 5.74) is 0. The Balaban J connectivity index is 1.43. The summed E-state index contributed by atoms with van der Waals surface area (Å²) in [4.78, 5) is 26.2. The lowest BCUT2D eigenvalue weighted by Gasteiger charge is -2.43. The van der Waals surface area contributed by atoms with E-state index in [0.717, 1.165) is 18.9 Å². The third kappa shape index (κ3) is 4.34. The van der Waals surface area contributed by atoms with Crippen LogP contribution in [0.5, 0.6) is 0 Å². The molecule has 0 bridgehead atoms. The minimum Gasteiger partial charge on any atom is -0.467 e. The fraction of sp³-hybridized carbons (Fsp3) is 0.647. The van der Waals surface area contributed by atoms with Crippen LogP contribution in [0.25, 0.3) is 0 Å². The van der Waals surface area contributed by atoms with Crippen molar-refractivity contribution in [1.29, 1.82) is 0 Å². The summed E-state index contributed by atoms with van der Waals surface area (Å²) in [6.07, 6.45) is 9.02. The van der Waals surface area contributed by atoms with E-state index in [0.29, 0.717) is 18.3 Å². The average molecular weight is 319 g/mol. The summed E-state index contributed by atoms with van der Waals surface area (Å²) in [6, 6.07) is 3.59. The van der Waals surface area contributed by atoms with Crippen LogP contribution in [0.1, 0.15) is 44.3 Å². The van der Waals surface area contributed by atoms with Gasteiger partial charge >= 0.3 is 6.03 Å². The molecule has 0 spiro atoms. The maximum Gasteiger partial charge on any atom is 0.321 e. The van der Waals surface area contributed by atoms with Crippen LogP contribution in [0.2, 0.25) is 0 Å². The fourth-order valence-electron chi connectivity index (χ4n) is 3.90. The third-order valence-electron chi connectivity index (χ3n) is 4.96. The highest BCUT2D eigenvalue weighted by Gasteiger charge is 2.33. The molecule has 6 nitrogen and oxygen atoms in total. The van der Waals surface area contributed by atoms with Gasteiger partial charge in [-0.2, -0.15) is 0 Å². The van der Waals surface area contributed by atoms with Gasteiger partial charge in [0.05, 0.1) is 19.4 Å². The molecule has 2 unspecified atom stereocenters. The Bertz CT molecular complexity index is 527. The Morgan fingerprint density at radius 1 is 1.22 bits per heavy atom. The van der Waals surface area contributed by atoms with Crippen LogP contribution in [-0.4, -0.2) is 36.0 Å². The summed E-state index contributed by atoms with van der Waals surface area (Å²) in [5, 5.41) is 5.04. The molecular formula is C17H25N3O3. The quantitative estimate of drug-likeness (QED) is 0.893. The number of carbonyl (C=O) groups is 2. The molecule has 3 amide bonds. The van der Waals surface area contributed by atoms with E-state index in [1.807, 2.05) is 0 Å². The number of nitrogens with one attached hydrogen (secondary N) is 2. The number of rotatable bonds is 4. The maximum atomic E-state index is 12.1. The van der Waals surface area contributed by atoms with Gasteiger partial charge < -0.3 is 9.73 Å². The molecule has 1 aliphatic heterocycles. The number of imide groups is 1. The van der Waals surface area contributed by atoms with Crippen molar-refractivity contribution in [3.63, 3.8) is 0 Å². The van der Waals surface area contributed by atoms with Crippen LogP contribution in [0.15, 0.2) is 22.8 Å². The average Bonchev–Trinajstić information content (AvgIpc) is 3.07. The Kier molecular flexibility index (Phi) is 5.33. The zero-order chi connectivity index (χ0) is 16.1. The normalized spacial score (nSPS) is 24.7. The van der Waals surface area contributed by atoms with Crippen LogP contribution >= 0.6 is 0 Å². The second kappa shape index (κ2) is 7.64. The molecule has 6 heteroatoms. The molecule has 3 rings (SSSR count). The zero-order valence-corrected chi connectivity index (χ0v) is 13.4. The van der Waals surface area contributed by atoms with Gasteiger partial charge in [0.25, 0.3) is 0 Å². The SMILES string of the molecule is O=C(CN1CCCC2CCCCC21)NC(=O)NCc1ccco1. The number of nitrogens with zero attached hydrogens (tertiary/aromatic N) is 1. The molecule has 1 saturated heterocycles. The lowest BCUT2D eigenvalue weighted by atomic mass is 9.78. The van der Waals surface area contributed by atoms with E-state index in [9.17, 15) is 9.59 Å². The van der Waals surface area contributed by atoms with E-state index in [1.165, 1.54) is 32.1 Å². The molecule has 2 N–H and O–H groups in total. The second-order valence-electron chi connectivity index (χ2n) is 6.53. The van der Waals surface area contributed by atoms with Crippen molar-refractivity contribution >= 4 is 11.9 Å². The van der Waals surface area contributed by atoms with Gasteiger partial charge in [0.1, 0.15) is 5.76 Å². The molecule has 1 aromatic heterocycles. The molecule has 23 heavy (non-hydrogen) atoms. The molecule has 2 atom stereocenters. The van der Waals surface area contributed by atoms with Crippen LogP contribution in [0.3, 0.4) is 0 Å². The number of hydrogen-bond acceptors (Lipinski definition) is 4. The van der Waals surface area contributed by atoms with Crippen molar-refractivity contribution in [3.05, 3.63) is 24.2 Å². The largest absolute Gasteiger partial charge is 0.467 e. The summed E-state index contributed by atoms with van der Waals surface area (Å²) < 4.78 is 5.13. The van der Waals surface area contributed by atoms with Gasteiger partial charge in [-0.3, -0.25) is 15.0 Å². The van der Waals surface area contributed by atoms with E-state index in [1.54, 1.807) is 18.4 Å². The first-order chi connectivity index (χ1) is 11.2. The van der Waals surface area contributed by atoms with Crippen molar-refractivity contribution in [1.82, 2.24) is 15.5 Å². The number of fused-ring (bicyclic) bond motifs is 1. The number of hydrogen-bond donors (Lipinski definition) is 2. The number of amides is 3. The molecule has 2 fully saturated rings. The fourth-order valence-corrected chi connectivity index (χ4v) is 3.90. The summed E-state index contributed by atoms with van der Waals surface area (Å²) in [5.74, 6) is 1.17. The first-order valence-electron chi connectivity index (χ1n) is 8.56. The molecule has 2 heterocycles. The van der Waals surface area contributed by atoms with E-state index in [2.05, 4.69) is 15.5 Å². The molecule has 1 aromatic rings. The maximum absolute atomic E-state index is 12.1. The van der Waals surface area contributed by atoms with Crippen LogP contribution in [-0.2, 0) is 11.3 Å². The predicted molar refractivity (Wildman–Crippen MR) is 85.6 cm³/mol. The van der Waals surface area contributed by atoms with E-state index < -0.39 is 6.03 Å². The van der Waals surface area contributed by atoms with Gasteiger partial charge in [-0.25, -0.2) is 4.79 Å². The van der Waals surface area contributed by atoms with Crippen molar-refractivity contribution in [2.45, 2.75) is 51.1 Å². The third-order valence-corrected chi connectivity index (χ3v) is 4.96.